The molecule has 55 heavy (non-hydrogen) atoms. The van der Waals surface area contributed by atoms with Crippen LogP contribution in [0.5, 0.6) is 0 Å². The van der Waals surface area contributed by atoms with E-state index in [1.807, 2.05) is 39.8 Å². The molecule has 17 atom stereocenters. The Kier molecular flexibility index (Phi) is 19.0. The summed E-state index contributed by atoms with van der Waals surface area (Å²) in [7, 11) is 7.32. The van der Waals surface area contributed by atoms with E-state index < -0.39 is 42.8 Å². The van der Waals surface area contributed by atoms with E-state index in [-0.39, 0.29) is 78.9 Å². The molecule has 0 aromatic heterocycles. The smallest absolute Gasteiger partial charge is 0.308 e. The van der Waals surface area contributed by atoms with Crippen LogP contribution in [0.3, 0.4) is 0 Å². The van der Waals surface area contributed by atoms with Crippen LogP contribution in [0.4, 0.5) is 0 Å². The number of aliphatic hydroxyl groups is 1. The minimum absolute atomic E-state index is 0.00444. The Hall–Kier alpha value is -1.70. The molecular formula is C44H77NO10. The number of methoxy groups -OCH3 is 2. The van der Waals surface area contributed by atoms with Gasteiger partial charge < -0.3 is 43.2 Å². The second-order valence-corrected chi connectivity index (χ2v) is 17.5. The third-order valence-electron chi connectivity index (χ3n) is 13.4. The number of aliphatic hydroxyl groups excluding tert-OH is 1. The van der Waals surface area contributed by atoms with Crippen molar-refractivity contribution >= 4 is 11.8 Å². The molecule has 2 fully saturated rings. The molecule has 0 aromatic rings. The van der Waals surface area contributed by atoms with Gasteiger partial charge in [-0.15, -0.1) is 0 Å². The van der Waals surface area contributed by atoms with Crippen molar-refractivity contribution in [3.63, 3.8) is 0 Å². The van der Waals surface area contributed by atoms with Crippen LogP contribution in [0.15, 0.2) is 23.8 Å². The number of carbonyl (C=O) groups is 2. The van der Waals surface area contributed by atoms with Crippen molar-refractivity contribution in [1.29, 1.82) is 0 Å². The topological polar surface area (TPSA) is 122 Å². The van der Waals surface area contributed by atoms with E-state index >= 15 is 0 Å². The molecule has 0 amide bonds. The van der Waals surface area contributed by atoms with Gasteiger partial charge >= 0.3 is 5.97 Å². The largest absolute Gasteiger partial charge is 0.462 e. The molecule has 2 saturated heterocycles. The van der Waals surface area contributed by atoms with E-state index in [0.717, 1.165) is 5.57 Å². The third kappa shape index (κ3) is 12.6. The Bertz CT molecular complexity index is 1250. The van der Waals surface area contributed by atoms with Crippen molar-refractivity contribution in [3.8, 4) is 0 Å². The maximum atomic E-state index is 13.8. The lowest BCUT2D eigenvalue weighted by atomic mass is 9.79. The van der Waals surface area contributed by atoms with Gasteiger partial charge in [-0.05, 0) is 77.5 Å². The first-order valence-corrected chi connectivity index (χ1v) is 20.9. The molecule has 0 bridgehead atoms. The molecule has 0 aliphatic carbocycles. The van der Waals surface area contributed by atoms with Crippen LogP contribution in [-0.4, -0.2) is 112 Å². The molecule has 0 spiro atoms. The second-order valence-electron chi connectivity index (χ2n) is 17.5. The number of carbonyl (C=O) groups excluding carboxylic acids is 2. The number of hydrogen-bond donors (Lipinski definition) is 1. The minimum Gasteiger partial charge on any atom is -0.462 e. The minimum atomic E-state index is -1.10. The first kappa shape index (κ1) is 47.7. The number of rotatable bonds is 11. The van der Waals surface area contributed by atoms with Crippen molar-refractivity contribution in [2.75, 3.05) is 34.9 Å². The van der Waals surface area contributed by atoms with E-state index in [4.69, 9.17) is 33.2 Å². The average molecular weight is 780 g/mol. The molecule has 0 saturated carbocycles. The molecule has 11 heteroatoms. The molecular weight excluding hydrogens is 702 g/mol. The van der Waals surface area contributed by atoms with Crippen LogP contribution in [-0.2, 0) is 42.7 Å². The highest BCUT2D eigenvalue weighted by Gasteiger charge is 2.45. The fourth-order valence-corrected chi connectivity index (χ4v) is 9.07. The normalized spacial score (nSPS) is 43.2. The molecule has 1 N–H and O–H groups in total. The van der Waals surface area contributed by atoms with Gasteiger partial charge in [0.2, 0.25) is 0 Å². The summed E-state index contributed by atoms with van der Waals surface area (Å²) in [5.41, 5.74) is 0.858. The highest BCUT2D eigenvalue weighted by Crippen LogP contribution is 2.39. The van der Waals surface area contributed by atoms with E-state index in [1.165, 1.54) is 0 Å². The molecule has 3 rings (SSSR count). The lowest BCUT2D eigenvalue weighted by Gasteiger charge is -2.48. The average Bonchev–Trinajstić information content (AvgIpc) is 3.14. The van der Waals surface area contributed by atoms with Crippen molar-refractivity contribution in [2.45, 2.75) is 157 Å². The molecule has 3 aliphatic heterocycles. The van der Waals surface area contributed by atoms with Crippen LogP contribution in [0.25, 0.3) is 0 Å². The number of cyclic esters (lactones) is 1. The van der Waals surface area contributed by atoms with E-state index in [1.54, 1.807) is 20.3 Å². The Balaban J connectivity index is 2.01. The molecule has 0 radical (unpaired) electrons. The monoisotopic (exact) mass is 780 g/mol. The summed E-state index contributed by atoms with van der Waals surface area (Å²) in [4.78, 5) is 29.8. The Morgan fingerprint density at radius 1 is 0.836 bits per heavy atom. The zero-order valence-electron chi connectivity index (χ0n) is 36.7. The van der Waals surface area contributed by atoms with Gasteiger partial charge in [0.15, 0.2) is 24.7 Å². The zero-order chi connectivity index (χ0) is 41.3. The fraction of sp³-hybridized carbons (Fsp3) is 0.864. The summed E-state index contributed by atoms with van der Waals surface area (Å²) in [5.74, 6) is -0.780. The van der Waals surface area contributed by atoms with Gasteiger partial charge in [-0.2, -0.15) is 0 Å². The summed E-state index contributed by atoms with van der Waals surface area (Å²) < 4.78 is 43.8. The number of hydrogen-bond acceptors (Lipinski definition) is 11. The van der Waals surface area contributed by atoms with Crippen molar-refractivity contribution in [1.82, 2.24) is 4.90 Å². The molecule has 3 aliphatic rings. The summed E-state index contributed by atoms with van der Waals surface area (Å²) >= 11 is 0. The predicted octanol–water partition coefficient (Wildman–Crippen LogP) is 7.05. The Morgan fingerprint density at radius 2 is 1.45 bits per heavy atom. The lowest BCUT2D eigenvalue weighted by Crippen LogP contribution is -2.56. The SMILES string of the molecule is CC[C@H]1OC(=O)C[C@@H](O)[C@@H](C)[C@@H](O[C@@H]2O[C@H](C)[C@@H](C)[C@H](N(C)C)[C@H]2C)[C@@H](CC(OC)OC)C[C@@H](C)C(=O)/C=C/C(C)=C/[C@@H]1CO[C@@H]1O[C@H](C)[C@@H](C)[C@@H](C)[C@H]1C. The number of allylic oxidation sites excluding steroid dienone is 3. The third-order valence-corrected chi connectivity index (χ3v) is 13.4. The van der Waals surface area contributed by atoms with Gasteiger partial charge in [0.1, 0.15) is 6.10 Å². The Labute approximate surface area is 333 Å². The fourth-order valence-electron chi connectivity index (χ4n) is 9.07. The van der Waals surface area contributed by atoms with Gasteiger partial charge in [-0.3, -0.25) is 9.59 Å². The van der Waals surface area contributed by atoms with Gasteiger partial charge in [-0.1, -0.05) is 73.1 Å². The quantitative estimate of drug-likeness (QED) is 0.172. The summed E-state index contributed by atoms with van der Waals surface area (Å²) in [5, 5.41) is 11.9. The molecule has 318 valence electrons. The first-order valence-electron chi connectivity index (χ1n) is 20.9. The number of ketones is 1. The Morgan fingerprint density at radius 3 is 2.05 bits per heavy atom. The lowest BCUT2D eigenvalue weighted by molar-refractivity contribution is -0.280. The number of ether oxygens (including phenoxy) is 7. The molecule has 0 unspecified atom stereocenters. The van der Waals surface area contributed by atoms with E-state index in [0.29, 0.717) is 31.1 Å². The molecule has 0 aromatic carbocycles. The highest BCUT2D eigenvalue weighted by atomic mass is 16.7. The van der Waals surface area contributed by atoms with Crippen LogP contribution in [0, 0.1) is 53.3 Å². The first-order chi connectivity index (χ1) is 25.8. The predicted molar refractivity (Wildman–Crippen MR) is 214 cm³/mol. The molecule has 3 heterocycles. The van der Waals surface area contributed by atoms with Crippen LogP contribution in [0.2, 0.25) is 0 Å². The van der Waals surface area contributed by atoms with E-state index in [2.05, 4.69) is 67.5 Å². The zero-order valence-corrected chi connectivity index (χ0v) is 36.7. The van der Waals surface area contributed by atoms with Crippen molar-refractivity contribution in [3.05, 3.63) is 23.8 Å². The standard InChI is InChI=1S/C44H77NO10/c1-16-38-35(23-51-43-28(6)26(4)27(5)32(10)52-43)19-24(2)17-18-36(46)25(3)20-34(21-40(49-14)50-15)42(30(8)37(47)22-39(48)54-38)55-44-31(9)41(45(12)13)29(7)33(11)53-44/h17-19,25-35,37-38,40-44,47H,16,20-23H2,1-15H3/b18-17+,24-19+/t25-,26-,27+,28-,29-,30-,31-,32-,33-,34-,35-,37-,38-,41+,42-,43-,44+/m1/s1. The highest BCUT2D eigenvalue weighted by molar-refractivity contribution is 5.91. The van der Waals surface area contributed by atoms with Crippen LogP contribution < -0.4 is 0 Å². The van der Waals surface area contributed by atoms with Gasteiger partial charge in [0.05, 0.1) is 37.4 Å². The maximum Gasteiger partial charge on any atom is 0.308 e. The number of esters is 1. The maximum absolute atomic E-state index is 13.8. The van der Waals surface area contributed by atoms with Crippen LogP contribution in [0.1, 0.15) is 102 Å². The summed E-state index contributed by atoms with van der Waals surface area (Å²) in [6, 6.07) is 0.187. The summed E-state index contributed by atoms with van der Waals surface area (Å²) in [6.07, 6.45) is 2.83. The van der Waals surface area contributed by atoms with Gasteiger partial charge in [0.25, 0.3) is 0 Å². The van der Waals surface area contributed by atoms with Crippen LogP contribution >= 0.6 is 0 Å². The van der Waals surface area contributed by atoms with Crippen molar-refractivity contribution in [2.24, 2.45) is 53.3 Å². The van der Waals surface area contributed by atoms with Gasteiger partial charge in [-0.25, -0.2) is 0 Å². The summed E-state index contributed by atoms with van der Waals surface area (Å²) in [6.45, 7) is 23.1. The van der Waals surface area contributed by atoms with E-state index in [9.17, 15) is 14.7 Å². The second kappa shape index (κ2) is 21.9. The molecule has 11 nitrogen and oxygen atoms in total. The number of nitrogens with zero attached hydrogens (tertiary/aromatic N) is 1. The van der Waals surface area contributed by atoms with Gasteiger partial charge in [0, 0.05) is 56.3 Å². The van der Waals surface area contributed by atoms with Crippen molar-refractivity contribution < 1.29 is 47.9 Å².